The summed E-state index contributed by atoms with van der Waals surface area (Å²) in [5.74, 6) is 2.07. The monoisotopic (exact) mass is 1110 g/mol. The summed E-state index contributed by atoms with van der Waals surface area (Å²) in [4.78, 5) is 71.8. The highest BCUT2D eigenvalue weighted by molar-refractivity contribution is 5.91. The first kappa shape index (κ1) is 85.2. The number of amides is 2. The van der Waals surface area contributed by atoms with Crippen molar-refractivity contribution in [2.45, 2.75) is 157 Å². The van der Waals surface area contributed by atoms with Crippen molar-refractivity contribution in [1.82, 2.24) is 10.6 Å². The number of carbonyl (C=O) groups is 7. The lowest BCUT2D eigenvalue weighted by Crippen LogP contribution is -2.11. The number of halogens is 3. The van der Waals surface area contributed by atoms with Gasteiger partial charge < -0.3 is 39.4 Å². The standard InChI is InChI=1S/C24H23F3O7.C11H22.C9H12.2C3H7NO.2C2H4O2.2C2H6.2CH4/c1-17(28)31-15-16-33-22(29)12-5-18-3-8-21(9-4-18)34-23(30)19-6-10-20(11-7-19)32-14-2-13-24(25,26)27;1-5-6-11-9(3)7-8(2)10(11)4;1-7-4-8(2)6-9(3)5-7;2*1-3(5)4-2;1-4-2-3;1-2(3)4;2*1-2;;/h3-12H,2,13-16H2,1H3;8-11H,5-7H2,1-4H3;4-6H,1-3H3;2*1-2H3,(H,4,5);2H,1H3;1H3,(H,3,4);2*1-2H3;2*1H4/b12-5+;;;;;;;;;;. The second kappa shape index (κ2) is 53.7. The number of nitrogens with one attached hydrogen (secondary N) is 2. The van der Waals surface area contributed by atoms with Gasteiger partial charge in [-0.15, -0.1) is 0 Å². The van der Waals surface area contributed by atoms with Crippen molar-refractivity contribution in [1.29, 1.82) is 0 Å². The van der Waals surface area contributed by atoms with Gasteiger partial charge in [-0.1, -0.05) is 130 Å². The normalized spacial score (nSPS) is 13.9. The maximum atomic E-state index is 12.3. The molecule has 4 unspecified atom stereocenters. The number of carbonyl (C=O) groups excluding carboxylic acids is 6. The number of esters is 3. The molecule has 1 aliphatic carbocycles. The van der Waals surface area contributed by atoms with Crippen LogP contribution in [-0.2, 0) is 43.0 Å². The summed E-state index contributed by atoms with van der Waals surface area (Å²) in [5.41, 5.74) is 4.96. The van der Waals surface area contributed by atoms with Gasteiger partial charge in [-0.3, -0.25) is 24.0 Å². The van der Waals surface area contributed by atoms with Gasteiger partial charge in [0.15, 0.2) is 0 Å². The van der Waals surface area contributed by atoms with Crippen molar-refractivity contribution < 1.29 is 75.5 Å². The number of methoxy groups -OCH3 is 1. The minimum Gasteiger partial charge on any atom is -0.494 e. The quantitative estimate of drug-likeness (QED) is 0.0343. The second-order valence-corrected chi connectivity index (χ2v) is 16.5. The van der Waals surface area contributed by atoms with Gasteiger partial charge in [0.05, 0.1) is 19.3 Å². The van der Waals surface area contributed by atoms with Crippen molar-refractivity contribution in [2.24, 2.45) is 23.7 Å². The third-order valence-electron chi connectivity index (χ3n) is 9.93. The van der Waals surface area contributed by atoms with Crippen LogP contribution in [0.3, 0.4) is 0 Å². The fraction of sp³-hybridized carbons (Fsp3) is 0.550. The summed E-state index contributed by atoms with van der Waals surface area (Å²) in [7, 11) is 4.51. The van der Waals surface area contributed by atoms with E-state index >= 15 is 0 Å². The minimum absolute atomic E-state index is 0. The maximum Gasteiger partial charge on any atom is 0.389 e. The molecule has 0 radical (unpaired) electrons. The number of alkyl halides is 3. The van der Waals surface area contributed by atoms with Crippen LogP contribution >= 0.6 is 0 Å². The fourth-order valence-corrected chi connectivity index (χ4v) is 6.50. The first-order chi connectivity index (χ1) is 35.7. The Morgan fingerprint density at radius 3 is 1.46 bits per heavy atom. The van der Waals surface area contributed by atoms with Gasteiger partial charge in [0, 0.05) is 54.3 Å². The number of carboxylic acid groups (broad SMARTS) is 1. The Kier molecular flexibility index (Phi) is 58.6. The van der Waals surface area contributed by atoms with Crippen LogP contribution in [-0.4, -0.2) is 94.5 Å². The molecule has 0 heterocycles. The van der Waals surface area contributed by atoms with Crippen molar-refractivity contribution in [3.8, 4) is 11.5 Å². The molecule has 0 aromatic heterocycles. The van der Waals surface area contributed by atoms with E-state index in [0.29, 0.717) is 17.8 Å². The lowest BCUT2D eigenvalue weighted by atomic mass is 9.86. The molecule has 2 amide bonds. The van der Waals surface area contributed by atoms with E-state index in [-0.39, 0.29) is 64.2 Å². The number of carboxylic acids is 1. The summed E-state index contributed by atoms with van der Waals surface area (Å²) >= 11 is 0. The molecule has 0 aliphatic heterocycles. The van der Waals surface area contributed by atoms with Crippen LogP contribution in [0.5, 0.6) is 11.5 Å². The molecular weight excluding hydrogens is 1010 g/mol. The topological polar surface area (TPSA) is 210 Å². The Morgan fingerprint density at radius 1 is 0.705 bits per heavy atom. The number of aliphatic carboxylic acids is 1. The van der Waals surface area contributed by atoms with Gasteiger partial charge in [-0.05, 0) is 105 Å². The van der Waals surface area contributed by atoms with Gasteiger partial charge in [-0.2, -0.15) is 13.2 Å². The molecule has 4 atom stereocenters. The molecule has 78 heavy (non-hydrogen) atoms. The van der Waals surface area contributed by atoms with E-state index in [1.165, 1.54) is 100 Å². The smallest absolute Gasteiger partial charge is 0.389 e. The second-order valence-electron chi connectivity index (χ2n) is 16.5. The number of aryl methyl sites for hydroxylation is 3. The highest BCUT2D eigenvalue weighted by atomic mass is 19.4. The Hall–Kier alpha value is -6.72. The molecule has 0 saturated heterocycles. The molecule has 18 heteroatoms. The Morgan fingerprint density at radius 2 is 1.12 bits per heavy atom. The van der Waals surface area contributed by atoms with E-state index in [1.54, 1.807) is 38.4 Å². The van der Waals surface area contributed by atoms with Crippen LogP contribution in [0, 0.1) is 44.4 Å². The van der Waals surface area contributed by atoms with Gasteiger partial charge in [-0.25, -0.2) is 9.59 Å². The molecule has 15 nitrogen and oxygen atoms in total. The minimum atomic E-state index is -4.22. The third-order valence-corrected chi connectivity index (χ3v) is 9.93. The number of rotatable bonds is 14. The Labute approximate surface area is 466 Å². The highest BCUT2D eigenvalue weighted by Gasteiger charge is 2.34. The lowest BCUT2D eigenvalue weighted by Gasteiger charge is -2.19. The van der Waals surface area contributed by atoms with Crippen LogP contribution in [0.25, 0.3) is 6.08 Å². The molecule has 0 spiro atoms. The first-order valence-electron chi connectivity index (χ1n) is 25.3. The van der Waals surface area contributed by atoms with Crippen LogP contribution in [0.1, 0.15) is 163 Å². The van der Waals surface area contributed by atoms with E-state index < -0.39 is 36.5 Å². The zero-order valence-corrected chi connectivity index (χ0v) is 48.5. The molecule has 1 saturated carbocycles. The molecule has 3 aromatic carbocycles. The van der Waals surface area contributed by atoms with Crippen molar-refractivity contribution in [3.63, 3.8) is 0 Å². The van der Waals surface area contributed by atoms with Crippen molar-refractivity contribution >= 4 is 48.2 Å². The number of benzene rings is 3. The molecule has 3 N–H and O–H groups in total. The van der Waals surface area contributed by atoms with Gasteiger partial charge in [0.1, 0.15) is 24.7 Å². The Bertz CT molecular complexity index is 1970. The molecule has 0 bridgehead atoms. The average molecular weight is 1110 g/mol. The highest BCUT2D eigenvalue weighted by Crippen LogP contribution is 2.43. The maximum absolute atomic E-state index is 12.3. The summed E-state index contributed by atoms with van der Waals surface area (Å²) in [6, 6.07) is 18.8. The summed E-state index contributed by atoms with van der Waals surface area (Å²) in [5, 5.41) is 12.2. The molecule has 1 fully saturated rings. The first-order valence-corrected chi connectivity index (χ1v) is 25.3. The predicted molar refractivity (Wildman–Crippen MR) is 308 cm³/mol. The van der Waals surface area contributed by atoms with Crippen LogP contribution in [0.2, 0.25) is 0 Å². The van der Waals surface area contributed by atoms with Crippen LogP contribution in [0.15, 0.2) is 72.8 Å². The number of ether oxygens (including phenoxy) is 5. The summed E-state index contributed by atoms with van der Waals surface area (Å²) in [6.45, 7) is 29.5. The molecule has 1 aliphatic rings. The van der Waals surface area contributed by atoms with E-state index in [9.17, 15) is 37.1 Å². The van der Waals surface area contributed by atoms with Crippen molar-refractivity contribution in [3.05, 3.63) is 101 Å². The largest absolute Gasteiger partial charge is 0.494 e. The zero-order chi connectivity index (χ0) is 59.8. The van der Waals surface area contributed by atoms with E-state index in [0.717, 1.165) is 30.6 Å². The number of hydrogen-bond donors (Lipinski definition) is 3. The van der Waals surface area contributed by atoms with E-state index in [4.69, 9.17) is 28.9 Å². The fourth-order valence-electron chi connectivity index (χ4n) is 6.50. The molecular formula is C60H99F3N2O13. The zero-order valence-electron chi connectivity index (χ0n) is 48.5. The predicted octanol–water partition coefficient (Wildman–Crippen LogP) is 13.8. The molecule has 3 aromatic rings. The Balaban J connectivity index is -0.000000186. The molecule has 4 rings (SSSR count). The van der Waals surface area contributed by atoms with E-state index in [2.05, 4.69) is 86.8 Å². The number of hydrogen-bond acceptors (Lipinski definition) is 12. The SMILES string of the molecule is C.C.CC.CC.CC(=O)O.CC(=O)OCCOC(=O)/C=C/c1ccc(OC(=O)c2ccc(OCCCC(F)(F)F)cc2)cc1.CCCC1C(C)CC(C)C1C.CNC(C)=O.CNC(C)=O.COC=O.Cc1cc(C)cc(C)c1. The van der Waals surface area contributed by atoms with E-state index in [1.807, 2.05) is 27.7 Å². The average Bonchev–Trinajstić information content (AvgIpc) is 3.60. The third kappa shape index (κ3) is 54.1. The summed E-state index contributed by atoms with van der Waals surface area (Å²) in [6.07, 6.45) is 1.70. The van der Waals surface area contributed by atoms with Gasteiger partial charge >= 0.3 is 24.1 Å². The summed E-state index contributed by atoms with van der Waals surface area (Å²) < 4.78 is 60.3. The van der Waals surface area contributed by atoms with Crippen molar-refractivity contribution in [2.75, 3.05) is 41.0 Å². The van der Waals surface area contributed by atoms with Crippen LogP contribution in [0.4, 0.5) is 13.2 Å². The van der Waals surface area contributed by atoms with Gasteiger partial charge in [0.25, 0.3) is 12.4 Å². The van der Waals surface area contributed by atoms with Gasteiger partial charge in [0.2, 0.25) is 11.8 Å². The lowest BCUT2D eigenvalue weighted by molar-refractivity contribution is -0.147. The molecule has 448 valence electrons. The van der Waals surface area contributed by atoms with Crippen LogP contribution < -0.4 is 20.1 Å².